The van der Waals surface area contributed by atoms with Crippen LogP contribution in [0, 0.1) is 20.6 Å². The Hall–Kier alpha value is -2.16. The molecular formula is C15H13IN2O4. The maximum atomic E-state index is 11.8. The van der Waals surface area contributed by atoms with Crippen molar-refractivity contribution in [1.82, 2.24) is 0 Å². The standard InChI is InChI=1S/C15H13IN2O4/c1-10-2-3-11(8-14(10)16)17-15(19)9-22-13-6-4-12(5-7-13)18(20)21/h2-8H,9H2,1H3,(H,17,19). The Morgan fingerprint density at radius 2 is 1.95 bits per heavy atom. The van der Waals surface area contributed by atoms with Crippen LogP contribution < -0.4 is 10.1 Å². The summed E-state index contributed by atoms with van der Waals surface area (Å²) in [6.45, 7) is 1.83. The van der Waals surface area contributed by atoms with Gasteiger partial charge in [-0.3, -0.25) is 14.9 Å². The van der Waals surface area contributed by atoms with Gasteiger partial charge in [-0.15, -0.1) is 0 Å². The van der Waals surface area contributed by atoms with Gasteiger partial charge in [-0.2, -0.15) is 0 Å². The number of amides is 1. The lowest BCUT2D eigenvalue weighted by Gasteiger charge is -2.08. The largest absolute Gasteiger partial charge is 0.484 e. The van der Waals surface area contributed by atoms with Gasteiger partial charge < -0.3 is 10.1 Å². The number of nitro benzene ring substituents is 1. The van der Waals surface area contributed by atoms with Gasteiger partial charge in [0.1, 0.15) is 5.75 Å². The Morgan fingerprint density at radius 1 is 1.27 bits per heavy atom. The van der Waals surface area contributed by atoms with Gasteiger partial charge in [0.15, 0.2) is 6.61 Å². The molecule has 7 heteroatoms. The molecule has 1 N–H and O–H groups in total. The van der Waals surface area contributed by atoms with Crippen molar-refractivity contribution in [2.45, 2.75) is 6.92 Å². The van der Waals surface area contributed by atoms with Gasteiger partial charge in [-0.1, -0.05) is 6.07 Å². The van der Waals surface area contributed by atoms with E-state index in [0.717, 1.165) is 9.13 Å². The van der Waals surface area contributed by atoms with E-state index >= 15 is 0 Å². The number of aryl methyl sites for hydroxylation is 1. The lowest BCUT2D eigenvalue weighted by Crippen LogP contribution is -2.20. The molecule has 114 valence electrons. The van der Waals surface area contributed by atoms with Gasteiger partial charge in [0.2, 0.25) is 0 Å². The molecule has 0 heterocycles. The third-order valence-electron chi connectivity index (χ3n) is 2.87. The van der Waals surface area contributed by atoms with Crippen molar-refractivity contribution in [3.8, 4) is 5.75 Å². The number of nitrogens with one attached hydrogen (secondary N) is 1. The van der Waals surface area contributed by atoms with Crippen molar-refractivity contribution in [3.05, 3.63) is 61.7 Å². The fourth-order valence-corrected chi connectivity index (χ4v) is 2.20. The molecule has 0 atom stereocenters. The van der Waals surface area contributed by atoms with E-state index in [9.17, 15) is 14.9 Å². The van der Waals surface area contributed by atoms with Gasteiger partial charge >= 0.3 is 0 Å². The van der Waals surface area contributed by atoms with Crippen molar-refractivity contribution in [1.29, 1.82) is 0 Å². The second kappa shape index (κ2) is 7.21. The first-order valence-electron chi connectivity index (χ1n) is 6.39. The molecule has 0 fully saturated rings. The summed E-state index contributed by atoms with van der Waals surface area (Å²) in [5.41, 5.74) is 1.82. The Balaban J connectivity index is 1.89. The normalized spacial score (nSPS) is 10.1. The van der Waals surface area contributed by atoms with Crippen LogP contribution in [0.3, 0.4) is 0 Å². The summed E-state index contributed by atoms with van der Waals surface area (Å²) in [7, 11) is 0. The topological polar surface area (TPSA) is 81.5 Å². The SMILES string of the molecule is Cc1ccc(NC(=O)COc2ccc([N+](=O)[O-])cc2)cc1I. The lowest BCUT2D eigenvalue weighted by atomic mass is 10.2. The molecule has 0 aromatic heterocycles. The second-order valence-electron chi connectivity index (χ2n) is 4.55. The highest BCUT2D eigenvalue weighted by molar-refractivity contribution is 14.1. The number of benzene rings is 2. The smallest absolute Gasteiger partial charge is 0.269 e. The fraction of sp³-hybridized carbons (Fsp3) is 0.133. The zero-order chi connectivity index (χ0) is 16.1. The number of nitrogens with zero attached hydrogens (tertiary/aromatic N) is 1. The highest BCUT2D eigenvalue weighted by Gasteiger charge is 2.07. The molecule has 0 aliphatic heterocycles. The van der Waals surface area contributed by atoms with Crippen LogP contribution in [0.2, 0.25) is 0 Å². The van der Waals surface area contributed by atoms with E-state index in [1.54, 1.807) is 0 Å². The minimum Gasteiger partial charge on any atom is -0.484 e. The van der Waals surface area contributed by atoms with Gasteiger partial charge in [0.05, 0.1) is 4.92 Å². The minimum absolute atomic E-state index is 0.0222. The van der Waals surface area contributed by atoms with Crippen LogP contribution in [0.1, 0.15) is 5.56 Å². The summed E-state index contributed by atoms with van der Waals surface area (Å²) in [5.74, 6) is 0.109. The second-order valence-corrected chi connectivity index (χ2v) is 5.71. The van der Waals surface area contributed by atoms with Crippen LogP contribution in [0.25, 0.3) is 0 Å². The third kappa shape index (κ3) is 4.42. The number of hydrogen-bond donors (Lipinski definition) is 1. The number of ether oxygens (including phenoxy) is 1. The monoisotopic (exact) mass is 412 g/mol. The molecule has 2 rings (SSSR count). The number of anilines is 1. The summed E-state index contributed by atoms with van der Waals surface area (Å²) in [4.78, 5) is 21.9. The molecule has 0 radical (unpaired) electrons. The number of halogens is 1. The van der Waals surface area contributed by atoms with Crippen LogP contribution in [0.5, 0.6) is 5.75 Å². The number of rotatable bonds is 5. The van der Waals surface area contributed by atoms with E-state index in [-0.39, 0.29) is 18.2 Å². The number of carbonyl (C=O) groups is 1. The molecule has 2 aromatic rings. The first kappa shape index (κ1) is 16.2. The predicted molar refractivity (Wildman–Crippen MR) is 91.1 cm³/mol. The van der Waals surface area contributed by atoms with E-state index in [1.165, 1.54) is 24.3 Å². The first-order valence-corrected chi connectivity index (χ1v) is 7.47. The molecule has 0 unspecified atom stereocenters. The molecule has 0 saturated carbocycles. The van der Waals surface area contributed by atoms with Crippen LogP contribution in [0.15, 0.2) is 42.5 Å². The maximum absolute atomic E-state index is 11.8. The Labute approximate surface area is 140 Å². The van der Waals surface area contributed by atoms with Crippen LogP contribution in [-0.2, 0) is 4.79 Å². The fourth-order valence-electron chi connectivity index (χ4n) is 1.68. The lowest BCUT2D eigenvalue weighted by molar-refractivity contribution is -0.384. The first-order chi connectivity index (χ1) is 10.5. The van der Waals surface area contributed by atoms with E-state index < -0.39 is 4.92 Å². The summed E-state index contributed by atoms with van der Waals surface area (Å²) in [6, 6.07) is 11.2. The summed E-state index contributed by atoms with van der Waals surface area (Å²) in [6.07, 6.45) is 0. The number of non-ortho nitro benzene ring substituents is 1. The minimum atomic E-state index is -0.491. The van der Waals surface area contributed by atoms with Crippen molar-refractivity contribution in [2.24, 2.45) is 0 Å². The maximum Gasteiger partial charge on any atom is 0.269 e. The Kier molecular flexibility index (Phi) is 5.31. The number of nitro groups is 1. The molecule has 1 amide bonds. The summed E-state index contributed by atoms with van der Waals surface area (Å²) in [5, 5.41) is 13.3. The molecule has 0 spiro atoms. The van der Waals surface area contributed by atoms with Crippen molar-refractivity contribution in [2.75, 3.05) is 11.9 Å². The van der Waals surface area contributed by atoms with E-state index in [4.69, 9.17) is 4.74 Å². The summed E-state index contributed by atoms with van der Waals surface area (Å²) >= 11 is 2.20. The molecule has 0 saturated heterocycles. The Morgan fingerprint density at radius 3 is 2.55 bits per heavy atom. The van der Waals surface area contributed by atoms with Crippen molar-refractivity contribution >= 4 is 39.9 Å². The number of carbonyl (C=O) groups excluding carboxylic acids is 1. The quantitative estimate of drug-likeness (QED) is 0.463. The molecule has 2 aromatic carbocycles. The van der Waals surface area contributed by atoms with Gasteiger partial charge in [0.25, 0.3) is 11.6 Å². The molecule has 0 aliphatic rings. The van der Waals surface area contributed by atoms with E-state index in [1.807, 2.05) is 25.1 Å². The molecule has 22 heavy (non-hydrogen) atoms. The predicted octanol–water partition coefficient (Wildman–Crippen LogP) is 3.53. The van der Waals surface area contributed by atoms with Crippen LogP contribution >= 0.6 is 22.6 Å². The van der Waals surface area contributed by atoms with Crippen molar-refractivity contribution < 1.29 is 14.5 Å². The molecule has 0 bridgehead atoms. The van der Waals surface area contributed by atoms with E-state index in [2.05, 4.69) is 27.9 Å². The number of hydrogen-bond acceptors (Lipinski definition) is 4. The van der Waals surface area contributed by atoms with Gasteiger partial charge in [0, 0.05) is 21.4 Å². The van der Waals surface area contributed by atoms with Gasteiger partial charge in [-0.25, -0.2) is 0 Å². The van der Waals surface area contributed by atoms with Crippen LogP contribution in [-0.4, -0.2) is 17.4 Å². The van der Waals surface area contributed by atoms with Gasteiger partial charge in [-0.05, 0) is 59.3 Å². The average molecular weight is 412 g/mol. The Bertz CT molecular complexity index is 701. The molecule has 6 nitrogen and oxygen atoms in total. The zero-order valence-electron chi connectivity index (χ0n) is 11.7. The molecule has 0 aliphatic carbocycles. The van der Waals surface area contributed by atoms with E-state index in [0.29, 0.717) is 11.4 Å². The highest BCUT2D eigenvalue weighted by Crippen LogP contribution is 2.18. The molecular weight excluding hydrogens is 399 g/mol. The van der Waals surface area contributed by atoms with Crippen LogP contribution in [0.4, 0.5) is 11.4 Å². The highest BCUT2D eigenvalue weighted by atomic mass is 127. The van der Waals surface area contributed by atoms with Crippen molar-refractivity contribution in [3.63, 3.8) is 0 Å². The average Bonchev–Trinajstić information content (AvgIpc) is 2.49. The third-order valence-corrected chi connectivity index (χ3v) is 4.04. The zero-order valence-corrected chi connectivity index (χ0v) is 13.9. The summed E-state index contributed by atoms with van der Waals surface area (Å²) < 4.78 is 6.35.